The van der Waals surface area contributed by atoms with Gasteiger partial charge in [-0.15, -0.1) is 11.3 Å². The largest absolute Gasteiger partial charge is 0.351 e. The van der Waals surface area contributed by atoms with E-state index in [0.717, 1.165) is 53.8 Å². The normalized spacial score (nSPS) is 24.9. The molecule has 0 saturated heterocycles. The molecule has 180 valence electrons. The molecular weight excluding hydrogens is 442 g/mol. The fourth-order valence-electron chi connectivity index (χ4n) is 5.43. The fraction of sp³-hybridized carbons (Fsp3) is 0.500. The summed E-state index contributed by atoms with van der Waals surface area (Å²) in [4.78, 5) is 30.9. The minimum absolute atomic E-state index is 0.0361. The number of thiophene rings is 1. The van der Waals surface area contributed by atoms with Gasteiger partial charge in [0.1, 0.15) is 11.2 Å². The van der Waals surface area contributed by atoms with Gasteiger partial charge in [0.2, 0.25) is 5.91 Å². The molecule has 3 aromatic rings. The summed E-state index contributed by atoms with van der Waals surface area (Å²) in [5.74, 6) is 0.620. The van der Waals surface area contributed by atoms with Crippen LogP contribution in [0.2, 0.25) is 0 Å². The maximum Gasteiger partial charge on any atom is 0.271 e. The van der Waals surface area contributed by atoms with E-state index in [-0.39, 0.29) is 17.9 Å². The zero-order valence-electron chi connectivity index (χ0n) is 20.7. The molecule has 1 aromatic carbocycles. The first kappa shape index (κ1) is 23.2. The molecular formula is C28H35N3O2S. The molecule has 2 amide bonds. The van der Waals surface area contributed by atoms with Crippen LogP contribution in [0.25, 0.3) is 10.2 Å². The first-order valence-electron chi connectivity index (χ1n) is 12.6. The van der Waals surface area contributed by atoms with Crippen molar-refractivity contribution in [2.75, 3.05) is 0 Å². The molecule has 0 radical (unpaired) electrons. The number of aryl methyl sites for hydroxylation is 2. The number of fused-ring (bicyclic) bond motifs is 3. The lowest BCUT2D eigenvalue weighted by Gasteiger charge is -2.45. The van der Waals surface area contributed by atoms with E-state index in [0.29, 0.717) is 18.8 Å². The van der Waals surface area contributed by atoms with Gasteiger partial charge in [0.15, 0.2) is 0 Å². The Balaban J connectivity index is 1.51. The molecule has 1 saturated carbocycles. The van der Waals surface area contributed by atoms with Crippen molar-refractivity contribution in [3.8, 4) is 0 Å². The highest BCUT2D eigenvalue weighted by molar-refractivity contribution is 7.19. The van der Waals surface area contributed by atoms with E-state index in [1.54, 1.807) is 16.2 Å². The van der Waals surface area contributed by atoms with Crippen molar-refractivity contribution in [3.05, 3.63) is 58.1 Å². The molecule has 5 rings (SSSR count). The Morgan fingerprint density at radius 1 is 1.15 bits per heavy atom. The summed E-state index contributed by atoms with van der Waals surface area (Å²) in [6.07, 6.45) is 5.28. The van der Waals surface area contributed by atoms with Crippen molar-refractivity contribution in [2.45, 2.75) is 84.5 Å². The van der Waals surface area contributed by atoms with Crippen molar-refractivity contribution in [3.63, 3.8) is 0 Å². The van der Waals surface area contributed by atoms with Crippen molar-refractivity contribution in [1.82, 2.24) is 14.8 Å². The molecule has 1 aliphatic carbocycles. The summed E-state index contributed by atoms with van der Waals surface area (Å²) < 4.78 is 3.21. The standard InChI is InChI=1S/C28H35N3O2S/c1-5-22-14-23-25(34-22)15-24-26(32)31(16-20-10-6-18(2)7-11-20)28(4,17-30(23)24)27(33)29-21-12-8-19(3)9-13-21/h6-7,10-11,14-15,19,21H,5,8-9,12-13,16-17H2,1-4H3,(H,29,33). The van der Waals surface area contributed by atoms with Crippen molar-refractivity contribution >= 4 is 33.4 Å². The number of carbonyl (C=O) groups excluding carboxylic acids is 2. The number of aromatic nitrogens is 1. The Kier molecular flexibility index (Phi) is 6.05. The van der Waals surface area contributed by atoms with Gasteiger partial charge < -0.3 is 14.8 Å². The number of amides is 2. The summed E-state index contributed by atoms with van der Waals surface area (Å²) in [7, 11) is 0. The highest BCUT2D eigenvalue weighted by atomic mass is 32.1. The van der Waals surface area contributed by atoms with Crippen LogP contribution in [-0.4, -0.2) is 32.9 Å². The van der Waals surface area contributed by atoms with Gasteiger partial charge in [0.25, 0.3) is 5.91 Å². The number of benzene rings is 1. The van der Waals surface area contributed by atoms with Crippen LogP contribution in [0.3, 0.4) is 0 Å². The quantitative estimate of drug-likeness (QED) is 0.514. The fourth-order valence-corrected chi connectivity index (χ4v) is 6.47. The van der Waals surface area contributed by atoms with Crippen LogP contribution in [0.1, 0.15) is 72.9 Å². The molecule has 1 fully saturated rings. The number of rotatable bonds is 5. The predicted molar refractivity (Wildman–Crippen MR) is 138 cm³/mol. The van der Waals surface area contributed by atoms with Gasteiger partial charge in [0.05, 0.1) is 16.8 Å². The van der Waals surface area contributed by atoms with E-state index in [9.17, 15) is 9.59 Å². The van der Waals surface area contributed by atoms with Gasteiger partial charge in [0, 0.05) is 17.5 Å². The van der Waals surface area contributed by atoms with Crippen LogP contribution in [0.4, 0.5) is 0 Å². The third-order valence-electron chi connectivity index (χ3n) is 7.82. The minimum atomic E-state index is -0.960. The van der Waals surface area contributed by atoms with Crippen LogP contribution in [0, 0.1) is 12.8 Å². The van der Waals surface area contributed by atoms with Gasteiger partial charge in [-0.2, -0.15) is 0 Å². The van der Waals surface area contributed by atoms with Gasteiger partial charge in [-0.05, 0) is 69.6 Å². The second kappa shape index (κ2) is 8.88. The maximum atomic E-state index is 13.9. The molecule has 2 aliphatic rings. The molecule has 6 heteroatoms. The van der Waals surface area contributed by atoms with E-state index < -0.39 is 5.54 Å². The highest BCUT2D eigenvalue weighted by Crippen LogP contribution is 2.37. The topological polar surface area (TPSA) is 54.3 Å². The average Bonchev–Trinajstić information content (AvgIpc) is 3.38. The molecule has 1 N–H and O–H groups in total. The Morgan fingerprint density at radius 3 is 2.53 bits per heavy atom. The minimum Gasteiger partial charge on any atom is -0.351 e. The predicted octanol–water partition coefficient (Wildman–Crippen LogP) is 5.68. The molecule has 0 spiro atoms. The van der Waals surface area contributed by atoms with E-state index in [1.165, 1.54) is 10.4 Å². The number of hydrogen-bond acceptors (Lipinski definition) is 3. The molecule has 1 atom stereocenters. The second-order valence-electron chi connectivity index (χ2n) is 10.5. The summed E-state index contributed by atoms with van der Waals surface area (Å²) in [6, 6.07) is 12.6. The SMILES string of the molecule is CCc1cc2c(cc3n2CC(C)(C(=O)NC2CCC(C)CC2)N(Cc2ccc(C)cc2)C3=O)s1. The van der Waals surface area contributed by atoms with Crippen LogP contribution < -0.4 is 5.32 Å². The number of hydrogen-bond donors (Lipinski definition) is 1. The Hall–Kier alpha value is -2.60. The van der Waals surface area contributed by atoms with Gasteiger partial charge in [-0.25, -0.2) is 0 Å². The lowest BCUT2D eigenvalue weighted by Crippen LogP contribution is -2.64. The Morgan fingerprint density at radius 2 is 1.85 bits per heavy atom. The van der Waals surface area contributed by atoms with E-state index in [2.05, 4.69) is 61.0 Å². The molecule has 2 aromatic heterocycles. The molecule has 1 aliphatic heterocycles. The number of carbonyl (C=O) groups is 2. The summed E-state index contributed by atoms with van der Waals surface area (Å²) >= 11 is 1.74. The molecule has 0 bridgehead atoms. The lowest BCUT2D eigenvalue weighted by molar-refractivity contribution is -0.134. The van der Waals surface area contributed by atoms with E-state index in [4.69, 9.17) is 0 Å². The van der Waals surface area contributed by atoms with Gasteiger partial charge in [-0.1, -0.05) is 43.7 Å². The van der Waals surface area contributed by atoms with Crippen LogP contribution in [-0.2, 0) is 24.3 Å². The summed E-state index contributed by atoms with van der Waals surface area (Å²) in [5, 5.41) is 3.34. The van der Waals surface area contributed by atoms with Crippen LogP contribution in [0.15, 0.2) is 36.4 Å². The number of nitrogens with one attached hydrogen (secondary N) is 1. The molecule has 34 heavy (non-hydrogen) atoms. The van der Waals surface area contributed by atoms with Gasteiger partial charge >= 0.3 is 0 Å². The van der Waals surface area contributed by atoms with Gasteiger partial charge in [-0.3, -0.25) is 9.59 Å². The zero-order valence-corrected chi connectivity index (χ0v) is 21.5. The molecule has 5 nitrogen and oxygen atoms in total. The third kappa shape index (κ3) is 4.06. The van der Waals surface area contributed by atoms with Crippen molar-refractivity contribution in [2.24, 2.45) is 5.92 Å². The second-order valence-corrected chi connectivity index (χ2v) is 11.7. The Bertz CT molecular complexity index is 1220. The first-order chi connectivity index (χ1) is 16.3. The third-order valence-corrected chi connectivity index (χ3v) is 9.03. The molecule has 1 unspecified atom stereocenters. The smallest absolute Gasteiger partial charge is 0.271 e. The van der Waals surface area contributed by atoms with E-state index in [1.807, 2.05) is 13.0 Å². The molecule has 3 heterocycles. The summed E-state index contributed by atoms with van der Waals surface area (Å²) in [6.45, 7) is 9.33. The van der Waals surface area contributed by atoms with E-state index >= 15 is 0 Å². The average molecular weight is 478 g/mol. The zero-order chi connectivity index (χ0) is 24.0. The van der Waals surface area contributed by atoms with Crippen molar-refractivity contribution in [1.29, 1.82) is 0 Å². The highest BCUT2D eigenvalue weighted by Gasteiger charge is 2.48. The lowest BCUT2D eigenvalue weighted by atomic mass is 9.86. The van der Waals surface area contributed by atoms with Crippen LogP contribution >= 0.6 is 11.3 Å². The maximum absolute atomic E-state index is 13.9. The van der Waals surface area contributed by atoms with Crippen molar-refractivity contribution < 1.29 is 9.59 Å². The van der Waals surface area contributed by atoms with Crippen LogP contribution in [0.5, 0.6) is 0 Å². The number of nitrogens with zero attached hydrogens (tertiary/aromatic N) is 2. The Labute approximate surface area is 206 Å². The monoisotopic (exact) mass is 477 g/mol. The summed E-state index contributed by atoms with van der Waals surface area (Å²) in [5.41, 5.74) is 3.03. The first-order valence-corrected chi connectivity index (χ1v) is 13.4.